The van der Waals surface area contributed by atoms with E-state index in [0.29, 0.717) is 18.7 Å². The molecule has 1 unspecified atom stereocenters. The van der Waals surface area contributed by atoms with Crippen molar-refractivity contribution in [2.45, 2.75) is 71.8 Å². The van der Waals surface area contributed by atoms with Crippen molar-refractivity contribution < 1.29 is 14.0 Å². The predicted octanol–water partition coefficient (Wildman–Crippen LogP) is 3.27. The molecule has 2 aliphatic rings. The standard InChI is InChI=1S/C24H32FN5O2/c1-4-17-15-8-9-24(2,3)13-20(15)30(29-17)14-11-16(25)21(22(26)31)19(12-14)28-18-7-5-6-10-27-23(18)32/h11-12,18,28H,4-10,13H2,1-3H3,(H2,26,31)(H,27,32). The first kappa shape index (κ1) is 22.3. The number of hydrogen-bond acceptors (Lipinski definition) is 4. The highest BCUT2D eigenvalue weighted by molar-refractivity contribution is 6.00. The summed E-state index contributed by atoms with van der Waals surface area (Å²) in [5, 5.41) is 10.8. The second-order valence-corrected chi connectivity index (χ2v) is 9.68. The zero-order chi connectivity index (χ0) is 23.0. The van der Waals surface area contributed by atoms with E-state index in [1.54, 1.807) is 10.7 Å². The van der Waals surface area contributed by atoms with E-state index < -0.39 is 17.8 Å². The maximum atomic E-state index is 15.2. The van der Waals surface area contributed by atoms with Gasteiger partial charge in [0.1, 0.15) is 11.9 Å². The van der Waals surface area contributed by atoms with Gasteiger partial charge in [0.2, 0.25) is 5.91 Å². The van der Waals surface area contributed by atoms with Gasteiger partial charge >= 0.3 is 0 Å². The number of fused-ring (bicyclic) bond motifs is 1. The Kier molecular flexibility index (Phi) is 5.97. The van der Waals surface area contributed by atoms with E-state index in [1.165, 1.54) is 11.6 Å². The smallest absolute Gasteiger partial charge is 0.253 e. The fourth-order valence-corrected chi connectivity index (χ4v) is 4.85. The zero-order valence-corrected chi connectivity index (χ0v) is 19.1. The van der Waals surface area contributed by atoms with Gasteiger partial charge in [-0.2, -0.15) is 5.10 Å². The first-order valence-electron chi connectivity index (χ1n) is 11.5. The lowest BCUT2D eigenvalue weighted by atomic mass is 9.76. The Morgan fingerprint density at radius 3 is 2.88 bits per heavy atom. The van der Waals surface area contributed by atoms with Crippen LogP contribution in [0.4, 0.5) is 10.1 Å². The number of hydrogen-bond donors (Lipinski definition) is 3. The van der Waals surface area contributed by atoms with Crippen LogP contribution in [0, 0.1) is 11.2 Å². The summed E-state index contributed by atoms with van der Waals surface area (Å²) >= 11 is 0. The van der Waals surface area contributed by atoms with E-state index in [4.69, 9.17) is 10.8 Å². The van der Waals surface area contributed by atoms with E-state index in [-0.39, 0.29) is 22.6 Å². The number of primary amides is 1. The predicted molar refractivity (Wildman–Crippen MR) is 121 cm³/mol. The van der Waals surface area contributed by atoms with Crippen LogP contribution < -0.4 is 16.4 Å². The van der Waals surface area contributed by atoms with E-state index in [0.717, 1.165) is 49.9 Å². The highest BCUT2D eigenvalue weighted by Gasteiger charge is 2.32. The second-order valence-electron chi connectivity index (χ2n) is 9.68. The summed E-state index contributed by atoms with van der Waals surface area (Å²) < 4.78 is 17.0. The molecule has 1 atom stereocenters. The SMILES string of the molecule is CCc1nn(-c2cc(F)c(C(N)=O)c(NC3CCCCNC3=O)c2)c2c1CCC(C)(C)C2. The maximum absolute atomic E-state index is 15.2. The third-order valence-electron chi connectivity index (χ3n) is 6.64. The number of anilines is 1. The topological polar surface area (TPSA) is 102 Å². The fraction of sp³-hybridized carbons (Fsp3) is 0.542. The van der Waals surface area contributed by atoms with Gasteiger partial charge in [-0.25, -0.2) is 9.07 Å². The van der Waals surface area contributed by atoms with Gasteiger partial charge in [-0.15, -0.1) is 0 Å². The minimum absolute atomic E-state index is 0.126. The summed E-state index contributed by atoms with van der Waals surface area (Å²) in [6.45, 7) is 7.14. The molecule has 0 spiro atoms. The van der Waals surface area contributed by atoms with Crippen LogP contribution in [0.3, 0.4) is 0 Å². The number of aryl methyl sites for hydroxylation is 1. The van der Waals surface area contributed by atoms with Crippen molar-refractivity contribution in [2.75, 3.05) is 11.9 Å². The van der Waals surface area contributed by atoms with Crippen LogP contribution in [0.2, 0.25) is 0 Å². The average Bonchev–Trinajstić information content (AvgIpc) is 2.95. The number of carbonyl (C=O) groups excluding carboxylic acids is 2. The van der Waals surface area contributed by atoms with Crippen molar-refractivity contribution in [3.63, 3.8) is 0 Å². The lowest BCUT2D eigenvalue weighted by Crippen LogP contribution is -2.38. The molecule has 1 aromatic heterocycles. The minimum Gasteiger partial charge on any atom is -0.373 e. The summed E-state index contributed by atoms with van der Waals surface area (Å²) in [5.74, 6) is -1.75. The first-order chi connectivity index (χ1) is 15.2. The van der Waals surface area contributed by atoms with E-state index >= 15 is 4.39 Å². The lowest BCUT2D eigenvalue weighted by molar-refractivity contribution is -0.121. The molecule has 172 valence electrons. The monoisotopic (exact) mass is 441 g/mol. The highest BCUT2D eigenvalue weighted by Crippen LogP contribution is 2.38. The van der Waals surface area contributed by atoms with Gasteiger partial charge in [0.05, 0.1) is 22.6 Å². The van der Waals surface area contributed by atoms with Crippen LogP contribution in [0.1, 0.15) is 73.8 Å². The number of benzene rings is 1. The van der Waals surface area contributed by atoms with Crippen LogP contribution in [0.15, 0.2) is 12.1 Å². The number of nitrogens with zero attached hydrogens (tertiary/aromatic N) is 2. The highest BCUT2D eigenvalue weighted by atomic mass is 19.1. The number of rotatable bonds is 5. The number of amides is 2. The quantitative estimate of drug-likeness (QED) is 0.663. The molecule has 1 aliphatic carbocycles. The van der Waals surface area contributed by atoms with Crippen LogP contribution in [-0.2, 0) is 24.1 Å². The molecule has 0 bridgehead atoms. The number of halogens is 1. The Morgan fingerprint density at radius 1 is 1.38 bits per heavy atom. The van der Waals surface area contributed by atoms with Crippen LogP contribution in [0.5, 0.6) is 0 Å². The third kappa shape index (κ3) is 4.23. The molecule has 1 aromatic carbocycles. The lowest BCUT2D eigenvalue weighted by Gasteiger charge is -2.30. The average molecular weight is 442 g/mol. The molecule has 7 nitrogen and oxygen atoms in total. The largest absolute Gasteiger partial charge is 0.373 e. The van der Waals surface area contributed by atoms with Crippen molar-refractivity contribution in [1.29, 1.82) is 0 Å². The van der Waals surface area contributed by atoms with Crippen LogP contribution in [0.25, 0.3) is 5.69 Å². The number of carbonyl (C=O) groups is 2. The Labute approximate surface area is 187 Å². The molecule has 8 heteroatoms. The number of nitrogens with two attached hydrogens (primary N) is 1. The van der Waals surface area contributed by atoms with Crippen molar-refractivity contribution in [1.82, 2.24) is 15.1 Å². The van der Waals surface area contributed by atoms with Gasteiger partial charge in [0, 0.05) is 18.3 Å². The fourth-order valence-electron chi connectivity index (χ4n) is 4.85. The molecule has 1 fully saturated rings. The van der Waals surface area contributed by atoms with Gasteiger partial charge in [0.15, 0.2) is 0 Å². The molecule has 4 N–H and O–H groups in total. The Hall–Kier alpha value is -2.90. The van der Waals surface area contributed by atoms with Gasteiger partial charge < -0.3 is 16.4 Å². The molecule has 32 heavy (non-hydrogen) atoms. The summed E-state index contributed by atoms with van der Waals surface area (Å²) in [5.41, 5.74) is 9.50. The summed E-state index contributed by atoms with van der Waals surface area (Å²) in [4.78, 5) is 24.5. The molecule has 4 rings (SSSR count). The molecule has 2 amide bonds. The molecule has 0 radical (unpaired) electrons. The summed E-state index contributed by atoms with van der Waals surface area (Å²) in [6, 6.07) is 2.45. The molecule has 1 aliphatic heterocycles. The number of nitrogens with one attached hydrogen (secondary N) is 2. The zero-order valence-electron chi connectivity index (χ0n) is 19.1. The molecule has 1 saturated heterocycles. The molecular formula is C24H32FN5O2. The molecular weight excluding hydrogens is 409 g/mol. The Balaban J connectivity index is 1.81. The number of aromatic nitrogens is 2. The first-order valence-corrected chi connectivity index (χ1v) is 11.5. The Morgan fingerprint density at radius 2 is 2.16 bits per heavy atom. The minimum atomic E-state index is -0.872. The van der Waals surface area contributed by atoms with Gasteiger partial charge in [-0.3, -0.25) is 9.59 Å². The Bertz CT molecular complexity index is 1060. The molecule has 2 aromatic rings. The van der Waals surface area contributed by atoms with Crippen molar-refractivity contribution in [2.24, 2.45) is 11.1 Å². The normalized spacial score (nSPS) is 20.2. The second kappa shape index (κ2) is 8.56. The maximum Gasteiger partial charge on any atom is 0.253 e. The van der Waals surface area contributed by atoms with Gasteiger partial charge in [-0.1, -0.05) is 20.8 Å². The van der Waals surface area contributed by atoms with Gasteiger partial charge in [-0.05, 0) is 62.0 Å². The molecule has 2 heterocycles. The van der Waals surface area contributed by atoms with Crippen LogP contribution >= 0.6 is 0 Å². The van der Waals surface area contributed by atoms with Gasteiger partial charge in [0.25, 0.3) is 5.91 Å². The van der Waals surface area contributed by atoms with E-state index in [2.05, 4.69) is 31.4 Å². The molecule has 0 saturated carbocycles. The van der Waals surface area contributed by atoms with Crippen molar-refractivity contribution in [3.05, 3.63) is 40.5 Å². The van der Waals surface area contributed by atoms with E-state index in [1.807, 2.05) is 0 Å². The van der Waals surface area contributed by atoms with Crippen molar-refractivity contribution in [3.8, 4) is 5.69 Å². The summed E-state index contributed by atoms with van der Waals surface area (Å²) in [6.07, 6.45) is 5.99. The summed E-state index contributed by atoms with van der Waals surface area (Å²) in [7, 11) is 0. The van der Waals surface area contributed by atoms with Crippen LogP contribution in [-0.4, -0.2) is 34.2 Å². The third-order valence-corrected chi connectivity index (χ3v) is 6.64. The van der Waals surface area contributed by atoms with E-state index in [9.17, 15) is 9.59 Å². The van der Waals surface area contributed by atoms with Crippen molar-refractivity contribution >= 4 is 17.5 Å².